The van der Waals surface area contributed by atoms with Crippen molar-refractivity contribution in [2.75, 3.05) is 35.7 Å². The topological polar surface area (TPSA) is 116 Å². The summed E-state index contributed by atoms with van der Waals surface area (Å²) in [7, 11) is -5.22. The Morgan fingerprint density at radius 1 is 1.38 bits per heavy atom. The van der Waals surface area contributed by atoms with Crippen molar-refractivity contribution < 1.29 is 21.6 Å². The van der Waals surface area contributed by atoms with E-state index < -0.39 is 19.9 Å². The van der Waals surface area contributed by atoms with Gasteiger partial charge in [0.1, 0.15) is 0 Å². The minimum absolute atomic E-state index is 0.0603. The molecule has 1 saturated heterocycles. The molecule has 0 aromatic heterocycles. The number of carbonyl (C=O) groups excluding carboxylic acids is 1. The molecule has 1 unspecified atom stereocenters. The first-order valence-electron chi connectivity index (χ1n) is 7.97. The second kappa shape index (κ2) is 7.63. The van der Waals surface area contributed by atoms with Crippen molar-refractivity contribution in [3.05, 3.63) is 29.8 Å². The van der Waals surface area contributed by atoms with Crippen LogP contribution in [0.4, 0.5) is 5.69 Å². The van der Waals surface area contributed by atoms with Crippen molar-refractivity contribution >= 4 is 31.5 Å². The summed E-state index contributed by atoms with van der Waals surface area (Å²) in [6.07, 6.45) is 1.34. The lowest BCUT2D eigenvalue weighted by molar-refractivity contribution is -0.131. The molecule has 2 rings (SSSR count). The summed E-state index contributed by atoms with van der Waals surface area (Å²) in [6, 6.07) is 7.70. The molecule has 142 valence electrons. The van der Waals surface area contributed by atoms with Gasteiger partial charge >= 0.3 is 0 Å². The summed E-state index contributed by atoms with van der Waals surface area (Å²) >= 11 is 0. The molecule has 0 bridgehead atoms. The standard InChI is InChI=1S/C16H21N3O5S2/c1-18(15-7-9-26(23,24)12-15)16(20)6-8-19(25(2,21)22)14-5-3-4-13(10-14)11-17/h3-5,10,15H,6-9,12H2,1-2H3. The van der Waals surface area contributed by atoms with Gasteiger partial charge in [-0.3, -0.25) is 9.10 Å². The highest BCUT2D eigenvalue weighted by molar-refractivity contribution is 7.92. The molecule has 1 aromatic rings. The van der Waals surface area contributed by atoms with Crippen LogP contribution in [0.1, 0.15) is 18.4 Å². The number of anilines is 1. The Hall–Kier alpha value is -2.12. The quantitative estimate of drug-likeness (QED) is 0.682. The number of nitrogens with zero attached hydrogens (tertiary/aromatic N) is 3. The van der Waals surface area contributed by atoms with Crippen LogP contribution in [-0.2, 0) is 24.7 Å². The van der Waals surface area contributed by atoms with Gasteiger partial charge in [0.2, 0.25) is 15.9 Å². The van der Waals surface area contributed by atoms with Gasteiger partial charge in [0.25, 0.3) is 0 Å². The summed E-state index contributed by atoms with van der Waals surface area (Å²) in [6.45, 7) is -0.0869. The lowest BCUT2D eigenvalue weighted by atomic mass is 10.2. The Kier molecular flexibility index (Phi) is 5.93. The SMILES string of the molecule is CN(C(=O)CCN(c1cccc(C#N)c1)S(C)(=O)=O)C1CCS(=O)(=O)C1. The van der Waals surface area contributed by atoms with E-state index in [1.807, 2.05) is 6.07 Å². The van der Waals surface area contributed by atoms with Crippen LogP contribution in [0.15, 0.2) is 24.3 Å². The average Bonchev–Trinajstić information content (AvgIpc) is 2.93. The highest BCUT2D eigenvalue weighted by atomic mass is 32.2. The number of benzene rings is 1. The summed E-state index contributed by atoms with van der Waals surface area (Å²) in [5.74, 6) is -0.321. The van der Waals surface area contributed by atoms with E-state index in [2.05, 4.69) is 0 Å². The molecule has 0 N–H and O–H groups in total. The molecular weight excluding hydrogens is 378 g/mol. The average molecular weight is 399 g/mol. The maximum atomic E-state index is 12.4. The van der Waals surface area contributed by atoms with Crippen LogP contribution >= 0.6 is 0 Å². The molecule has 0 spiro atoms. The largest absolute Gasteiger partial charge is 0.342 e. The Labute approximate surface area is 154 Å². The molecule has 1 heterocycles. The number of hydrogen-bond acceptors (Lipinski definition) is 6. The predicted molar refractivity (Wildman–Crippen MR) is 97.8 cm³/mol. The molecule has 26 heavy (non-hydrogen) atoms. The summed E-state index contributed by atoms with van der Waals surface area (Å²) in [5, 5.41) is 8.97. The second-order valence-corrected chi connectivity index (χ2v) is 10.4. The summed E-state index contributed by atoms with van der Waals surface area (Å²) in [4.78, 5) is 13.8. The summed E-state index contributed by atoms with van der Waals surface area (Å²) in [5.41, 5.74) is 0.626. The van der Waals surface area contributed by atoms with Crippen molar-refractivity contribution in [3.8, 4) is 6.07 Å². The van der Waals surface area contributed by atoms with Crippen LogP contribution in [0.3, 0.4) is 0 Å². The van der Waals surface area contributed by atoms with Gasteiger partial charge in [-0.25, -0.2) is 16.8 Å². The zero-order chi connectivity index (χ0) is 19.5. The fourth-order valence-electron chi connectivity index (χ4n) is 2.87. The third kappa shape index (κ3) is 4.95. The van der Waals surface area contributed by atoms with Gasteiger partial charge in [0.15, 0.2) is 9.84 Å². The van der Waals surface area contributed by atoms with Gasteiger partial charge in [0, 0.05) is 26.1 Å². The molecule has 1 aliphatic heterocycles. The maximum Gasteiger partial charge on any atom is 0.232 e. The normalized spacial score (nSPS) is 18.9. The first-order valence-corrected chi connectivity index (χ1v) is 11.6. The van der Waals surface area contributed by atoms with Gasteiger partial charge in [0.05, 0.1) is 35.1 Å². The lowest BCUT2D eigenvalue weighted by Crippen LogP contribution is -2.40. The minimum atomic E-state index is -3.64. The number of amides is 1. The number of sulfone groups is 1. The van der Waals surface area contributed by atoms with Gasteiger partial charge in [-0.1, -0.05) is 6.07 Å². The van der Waals surface area contributed by atoms with E-state index in [0.717, 1.165) is 10.6 Å². The fourth-order valence-corrected chi connectivity index (χ4v) is 5.57. The molecule has 1 fully saturated rings. The number of sulfonamides is 1. The highest BCUT2D eigenvalue weighted by Crippen LogP contribution is 2.21. The monoisotopic (exact) mass is 399 g/mol. The lowest BCUT2D eigenvalue weighted by Gasteiger charge is -2.26. The van der Waals surface area contributed by atoms with Gasteiger partial charge < -0.3 is 4.90 Å². The molecule has 1 aliphatic rings. The zero-order valence-corrected chi connectivity index (χ0v) is 16.3. The Balaban J connectivity index is 2.10. The first kappa shape index (κ1) is 20.2. The number of nitriles is 1. The zero-order valence-electron chi connectivity index (χ0n) is 14.6. The number of rotatable bonds is 6. The second-order valence-electron chi connectivity index (χ2n) is 6.31. The summed E-state index contributed by atoms with van der Waals surface area (Å²) < 4.78 is 48.4. The van der Waals surface area contributed by atoms with Crippen molar-refractivity contribution in [2.45, 2.75) is 18.9 Å². The van der Waals surface area contributed by atoms with Crippen LogP contribution in [0.2, 0.25) is 0 Å². The first-order chi connectivity index (χ1) is 12.0. The van der Waals surface area contributed by atoms with Gasteiger partial charge in [-0.05, 0) is 24.6 Å². The van der Waals surface area contributed by atoms with Crippen LogP contribution in [0.25, 0.3) is 0 Å². The Morgan fingerprint density at radius 3 is 2.62 bits per heavy atom. The molecular formula is C16H21N3O5S2. The van der Waals surface area contributed by atoms with E-state index >= 15 is 0 Å². The minimum Gasteiger partial charge on any atom is -0.342 e. The van der Waals surface area contributed by atoms with Gasteiger partial charge in [-0.2, -0.15) is 5.26 Å². The third-order valence-corrected chi connectivity index (χ3v) is 7.29. The van der Waals surface area contributed by atoms with Crippen molar-refractivity contribution in [3.63, 3.8) is 0 Å². The van der Waals surface area contributed by atoms with E-state index in [1.54, 1.807) is 18.2 Å². The van der Waals surface area contributed by atoms with Crippen LogP contribution in [0, 0.1) is 11.3 Å². The van der Waals surface area contributed by atoms with Crippen LogP contribution in [-0.4, -0.2) is 65.0 Å². The molecule has 1 amide bonds. The molecule has 1 atom stereocenters. The van der Waals surface area contributed by atoms with Gasteiger partial charge in [-0.15, -0.1) is 0 Å². The van der Waals surface area contributed by atoms with E-state index in [4.69, 9.17) is 5.26 Å². The molecule has 10 heteroatoms. The number of hydrogen-bond donors (Lipinski definition) is 0. The molecule has 1 aromatic carbocycles. The Bertz CT molecular complexity index is 935. The van der Waals surface area contributed by atoms with E-state index in [1.165, 1.54) is 18.0 Å². The highest BCUT2D eigenvalue weighted by Gasteiger charge is 2.33. The number of carbonyl (C=O) groups is 1. The Morgan fingerprint density at radius 2 is 2.08 bits per heavy atom. The van der Waals surface area contributed by atoms with Crippen molar-refractivity contribution in [2.24, 2.45) is 0 Å². The van der Waals surface area contributed by atoms with Crippen molar-refractivity contribution in [1.82, 2.24) is 4.90 Å². The van der Waals surface area contributed by atoms with Crippen molar-refractivity contribution in [1.29, 1.82) is 5.26 Å². The third-order valence-electron chi connectivity index (χ3n) is 4.34. The molecule has 0 saturated carbocycles. The smallest absolute Gasteiger partial charge is 0.232 e. The van der Waals surface area contributed by atoms with E-state index in [9.17, 15) is 21.6 Å². The molecule has 0 radical (unpaired) electrons. The van der Waals surface area contributed by atoms with Crippen LogP contribution < -0.4 is 4.31 Å². The molecule has 0 aliphatic carbocycles. The predicted octanol–water partition coefficient (Wildman–Crippen LogP) is 0.360. The maximum absolute atomic E-state index is 12.4. The fraction of sp³-hybridized carbons (Fsp3) is 0.500. The molecule has 8 nitrogen and oxygen atoms in total. The van der Waals surface area contributed by atoms with E-state index in [0.29, 0.717) is 17.7 Å². The van der Waals surface area contributed by atoms with Crippen LogP contribution in [0.5, 0.6) is 0 Å². The van der Waals surface area contributed by atoms with E-state index in [-0.39, 0.29) is 36.4 Å².